The molecular weight excluding hydrogens is 165 g/mol. The molecule has 0 amide bonds. The third kappa shape index (κ3) is 1.74. The number of alkyl halides is 1. The molecule has 0 aliphatic heterocycles. The van der Waals surface area contributed by atoms with Gasteiger partial charge < -0.3 is 5.73 Å². The molecule has 1 nitrogen and oxygen atoms in total. The molecule has 0 radical (unpaired) electrons. The average molecular weight is 185 g/mol. The van der Waals surface area contributed by atoms with Crippen LogP contribution in [0, 0.1) is 17.8 Å². The van der Waals surface area contributed by atoms with Crippen LogP contribution < -0.4 is 5.73 Å². The van der Waals surface area contributed by atoms with Gasteiger partial charge in [0, 0.05) is 0 Å². The number of rotatable bonds is 1. The van der Waals surface area contributed by atoms with E-state index in [2.05, 4.69) is 0 Å². The van der Waals surface area contributed by atoms with Gasteiger partial charge in [0.25, 0.3) is 0 Å². The zero-order valence-electron chi connectivity index (χ0n) is 8.43. The highest BCUT2D eigenvalue weighted by atomic mass is 19.1. The van der Waals surface area contributed by atoms with E-state index in [4.69, 9.17) is 5.73 Å². The molecule has 0 spiro atoms. The molecular formula is C11H20FN. The second-order valence-corrected chi connectivity index (χ2v) is 5.17. The second kappa shape index (κ2) is 3.23. The summed E-state index contributed by atoms with van der Waals surface area (Å²) in [6.45, 7) is 2.54. The van der Waals surface area contributed by atoms with E-state index in [0.717, 1.165) is 19.4 Å². The van der Waals surface area contributed by atoms with Crippen LogP contribution in [0.2, 0.25) is 0 Å². The molecule has 0 heterocycles. The molecule has 0 aromatic rings. The monoisotopic (exact) mass is 185 g/mol. The maximum absolute atomic E-state index is 13.9. The molecule has 0 aromatic carbocycles. The maximum atomic E-state index is 13.9. The first kappa shape index (κ1) is 9.45. The Balaban J connectivity index is 2.12. The Labute approximate surface area is 79.9 Å². The fourth-order valence-corrected chi connectivity index (χ4v) is 3.52. The first-order valence-electron chi connectivity index (χ1n) is 5.51. The van der Waals surface area contributed by atoms with E-state index in [0.29, 0.717) is 17.8 Å². The summed E-state index contributed by atoms with van der Waals surface area (Å²) in [5, 5.41) is 0. The number of fused-ring (bicyclic) bond motifs is 2. The second-order valence-electron chi connectivity index (χ2n) is 5.17. The van der Waals surface area contributed by atoms with Gasteiger partial charge in [-0.15, -0.1) is 0 Å². The van der Waals surface area contributed by atoms with Crippen molar-refractivity contribution in [2.24, 2.45) is 23.5 Å². The summed E-state index contributed by atoms with van der Waals surface area (Å²) in [5.41, 5.74) is 4.86. The van der Waals surface area contributed by atoms with Crippen LogP contribution in [-0.2, 0) is 0 Å². The standard InChI is InChI=1S/C11H20FN/c1-11(12)5-8-3-2-4-9(6-11)10(8)7-13/h8-10H,2-7,13H2,1H3. The van der Waals surface area contributed by atoms with Gasteiger partial charge in [-0.05, 0) is 56.9 Å². The van der Waals surface area contributed by atoms with Gasteiger partial charge in [0.2, 0.25) is 0 Å². The highest BCUT2D eigenvalue weighted by Crippen LogP contribution is 2.49. The largest absolute Gasteiger partial charge is 0.330 e. The van der Waals surface area contributed by atoms with Gasteiger partial charge in [-0.2, -0.15) is 0 Å². The Bertz CT molecular complexity index is 175. The normalized spacial score (nSPS) is 50.5. The highest BCUT2D eigenvalue weighted by Gasteiger charge is 2.44. The molecule has 0 aromatic heterocycles. The summed E-state index contributed by atoms with van der Waals surface area (Å²) in [5.74, 6) is 1.78. The third-order valence-electron chi connectivity index (χ3n) is 4.01. The molecule has 2 heteroatoms. The van der Waals surface area contributed by atoms with E-state index in [-0.39, 0.29) is 0 Å². The predicted octanol–water partition coefficient (Wildman–Crippen LogP) is 2.50. The lowest BCUT2D eigenvalue weighted by Crippen LogP contribution is -2.45. The van der Waals surface area contributed by atoms with E-state index in [1.54, 1.807) is 6.92 Å². The summed E-state index contributed by atoms with van der Waals surface area (Å²) in [6, 6.07) is 0. The van der Waals surface area contributed by atoms with Gasteiger partial charge in [-0.25, -0.2) is 4.39 Å². The van der Waals surface area contributed by atoms with Crippen LogP contribution in [0.5, 0.6) is 0 Å². The molecule has 2 saturated carbocycles. The number of halogens is 1. The number of hydrogen-bond donors (Lipinski definition) is 1. The molecule has 76 valence electrons. The average Bonchev–Trinajstić information content (AvgIpc) is 2.01. The summed E-state index contributed by atoms with van der Waals surface area (Å²) < 4.78 is 13.9. The minimum absolute atomic E-state index is 0.576. The van der Waals surface area contributed by atoms with E-state index < -0.39 is 5.67 Å². The minimum Gasteiger partial charge on any atom is -0.330 e. The SMILES string of the molecule is CC1(F)CC2CCCC(C1)C2CN. The molecule has 2 rings (SSSR count). The van der Waals surface area contributed by atoms with Crippen LogP contribution >= 0.6 is 0 Å². The lowest BCUT2D eigenvalue weighted by atomic mass is 9.61. The maximum Gasteiger partial charge on any atom is 0.108 e. The highest BCUT2D eigenvalue weighted by molar-refractivity contribution is 4.95. The number of nitrogens with two attached hydrogens (primary N) is 1. The van der Waals surface area contributed by atoms with Gasteiger partial charge in [0.15, 0.2) is 0 Å². The number of hydrogen-bond acceptors (Lipinski definition) is 1. The van der Waals surface area contributed by atoms with E-state index >= 15 is 0 Å². The Hall–Kier alpha value is -0.110. The quantitative estimate of drug-likeness (QED) is 0.667. The van der Waals surface area contributed by atoms with E-state index in [1.807, 2.05) is 0 Å². The Morgan fingerprint density at radius 3 is 2.31 bits per heavy atom. The topological polar surface area (TPSA) is 26.0 Å². The van der Waals surface area contributed by atoms with Crippen molar-refractivity contribution in [1.82, 2.24) is 0 Å². The Morgan fingerprint density at radius 2 is 1.85 bits per heavy atom. The van der Waals surface area contributed by atoms with Gasteiger partial charge in [-0.3, -0.25) is 0 Å². The van der Waals surface area contributed by atoms with Crippen molar-refractivity contribution in [1.29, 1.82) is 0 Å². The smallest absolute Gasteiger partial charge is 0.108 e. The molecule has 2 aliphatic carbocycles. The fourth-order valence-electron chi connectivity index (χ4n) is 3.52. The Morgan fingerprint density at radius 1 is 1.31 bits per heavy atom. The van der Waals surface area contributed by atoms with Crippen molar-refractivity contribution in [3.05, 3.63) is 0 Å². The molecule has 2 fully saturated rings. The molecule has 2 aliphatic rings. The van der Waals surface area contributed by atoms with Crippen LogP contribution in [0.25, 0.3) is 0 Å². The fraction of sp³-hybridized carbons (Fsp3) is 1.00. The minimum atomic E-state index is -0.901. The summed E-state index contributed by atoms with van der Waals surface area (Å²) >= 11 is 0. The van der Waals surface area contributed by atoms with Gasteiger partial charge in [0.05, 0.1) is 0 Å². The van der Waals surface area contributed by atoms with E-state index in [9.17, 15) is 4.39 Å². The van der Waals surface area contributed by atoms with Crippen molar-refractivity contribution in [2.45, 2.75) is 44.7 Å². The van der Waals surface area contributed by atoms with Crippen molar-refractivity contribution in [3.8, 4) is 0 Å². The molecule has 0 saturated heterocycles. The van der Waals surface area contributed by atoms with Crippen LogP contribution in [0.3, 0.4) is 0 Å². The van der Waals surface area contributed by atoms with Gasteiger partial charge in [0.1, 0.15) is 5.67 Å². The molecule has 2 atom stereocenters. The van der Waals surface area contributed by atoms with Crippen molar-refractivity contribution in [2.75, 3.05) is 6.54 Å². The van der Waals surface area contributed by atoms with Crippen LogP contribution in [0.1, 0.15) is 39.0 Å². The molecule has 2 bridgehead atoms. The van der Waals surface area contributed by atoms with Crippen molar-refractivity contribution < 1.29 is 4.39 Å². The van der Waals surface area contributed by atoms with Crippen molar-refractivity contribution >= 4 is 0 Å². The molecule has 2 N–H and O–H groups in total. The first-order valence-corrected chi connectivity index (χ1v) is 5.51. The van der Waals surface area contributed by atoms with Crippen LogP contribution in [0.4, 0.5) is 4.39 Å². The molecule has 2 unspecified atom stereocenters. The summed E-state index contributed by atoms with van der Waals surface area (Å²) in [6.07, 6.45) is 5.22. The lowest BCUT2D eigenvalue weighted by Gasteiger charge is -2.47. The van der Waals surface area contributed by atoms with Gasteiger partial charge in [-0.1, -0.05) is 6.42 Å². The zero-order chi connectivity index (χ0) is 9.47. The summed E-state index contributed by atoms with van der Waals surface area (Å²) in [7, 11) is 0. The van der Waals surface area contributed by atoms with Crippen LogP contribution in [-0.4, -0.2) is 12.2 Å². The van der Waals surface area contributed by atoms with Crippen molar-refractivity contribution in [3.63, 3.8) is 0 Å². The zero-order valence-corrected chi connectivity index (χ0v) is 8.43. The Kier molecular flexibility index (Phi) is 2.35. The lowest BCUT2D eigenvalue weighted by molar-refractivity contribution is -0.0122. The predicted molar refractivity (Wildman–Crippen MR) is 52.1 cm³/mol. The van der Waals surface area contributed by atoms with E-state index in [1.165, 1.54) is 19.3 Å². The van der Waals surface area contributed by atoms with Crippen LogP contribution in [0.15, 0.2) is 0 Å². The van der Waals surface area contributed by atoms with Gasteiger partial charge >= 0.3 is 0 Å². The third-order valence-corrected chi connectivity index (χ3v) is 4.01. The summed E-state index contributed by atoms with van der Waals surface area (Å²) in [4.78, 5) is 0. The first-order chi connectivity index (χ1) is 6.12. The molecule has 13 heavy (non-hydrogen) atoms.